The lowest BCUT2D eigenvalue weighted by atomic mass is 9.96. The third kappa shape index (κ3) is 3.30. The normalized spacial score (nSPS) is 15.4. The van der Waals surface area contributed by atoms with E-state index in [9.17, 15) is 9.50 Å². The average molecular weight is 370 g/mol. The zero-order chi connectivity index (χ0) is 19.0. The van der Waals surface area contributed by atoms with E-state index in [0.29, 0.717) is 35.2 Å². The van der Waals surface area contributed by atoms with Crippen LogP contribution in [0.2, 0.25) is 0 Å². The summed E-state index contributed by atoms with van der Waals surface area (Å²) in [5.41, 5.74) is 6.95. The molecule has 0 unspecified atom stereocenters. The molecule has 1 saturated heterocycles. The molecule has 4 rings (SSSR count). The van der Waals surface area contributed by atoms with Gasteiger partial charge in [0.05, 0.1) is 16.8 Å². The third-order valence-corrected chi connectivity index (χ3v) is 5.17. The lowest BCUT2D eigenvalue weighted by Gasteiger charge is -2.33. The van der Waals surface area contributed by atoms with Crippen molar-refractivity contribution in [2.45, 2.75) is 12.8 Å². The number of halogens is 2. The molecule has 7 heteroatoms. The Morgan fingerprint density at radius 1 is 1.15 bits per heavy atom. The van der Waals surface area contributed by atoms with E-state index in [4.69, 9.17) is 5.73 Å². The van der Waals surface area contributed by atoms with Gasteiger partial charge in [-0.2, -0.15) is 0 Å². The smallest absolute Gasteiger partial charge is 0.220 e. The number of hydrogen-bond acceptors (Lipinski definition) is 5. The van der Waals surface area contributed by atoms with Gasteiger partial charge in [-0.1, -0.05) is 6.07 Å². The first kappa shape index (κ1) is 17.6. The second-order valence-electron chi connectivity index (χ2n) is 6.87. The summed E-state index contributed by atoms with van der Waals surface area (Å²) in [5, 5.41) is 9.94. The molecule has 140 valence electrons. The van der Waals surface area contributed by atoms with Crippen LogP contribution in [0.4, 0.5) is 20.4 Å². The average Bonchev–Trinajstić information content (AvgIpc) is 2.68. The maximum atomic E-state index is 15.3. The molecule has 1 aromatic heterocycles. The van der Waals surface area contributed by atoms with Crippen molar-refractivity contribution in [1.29, 1.82) is 0 Å². The molecule has 1 fully saturated rings. The lowest BCUT2D eigenvalue weighted by Crippen LogP contribution is -2.35. The molecule has 2 aromatic carbocycles. The monoisotopic (exact) mass is 370 g/mol. The predicted octanol–water partition coefficient (Wildman–Crippen LogP) is 3.37. The van der Waals surface area contributed by atoms with Gasteiger partial charge in [0.15, 0.2) is 5.82 Å². The summed E-state index contributed by atoms with van der Waals surface area (Å²) in [7, 11) is 0. The van der Waals surface area contributed by atoms with Crippen LogP contribution >= 0.6 is 0 Å². The summed E-state index contributed by atoms with van der Waals surface area (Å²) in [5.74, 6) is -0.789. The molecule has 1 aliphatic rings. The number of aliphatic hydroxyl groups excluding tert-OH is 1. The molecule has 27 heavy (non-hydrogen) atoms. The zero-order valence-electron chi connectivity index (χ0n) is 14.7. The molecule has 0 aliphatic carbocycles. The van der Waals surface area contributed by atoms with Crippen LogP contribution in [-0.2, 0) is 0 Å². The number of benzene rings is 2. The van der Waals surface area contributed by atoms with Gasteiger partial charge in [0.1, 0.15) is 5.82 Å². The van der Waals surface area contributed by atoms with Crippen molar-refractivity contribution >= 4 is 22.5 Å². The van der Waals surface area contributed by atoms with Crippen molar-refractivity contribution in [2.75, 3.05) is 30.3 Å². The first-order chi connectivity index (χ1) is 13.1. The van der Waals surface area contributed by atoms with Crippen LogP contribution in [0.3, 0.4) is 0 Å². The molecular weight excluding hydrogens is 350 g/mol. The Hall–Kier alpha value is -2.80. The molecule has 2 heterocycles. The second-order valence-corrected chi connectivity index (χ2v) is 6.87. The lowest BCUT2D eigenvalue weighted by molar-refractivity contribution is 0.203. The first-order valence-corrected chi connectivity index (χ1v) is 8.93. The van der Waals surface area contributed by atoms with Crippen molar-refractivity contribution in [3.05, 3.63) is 48.2 Å². The van der Waals surface area contributed by atoms with E-state index < -0.39 is 11.6 Å². The summed E-state index contributed by atoms with van der Waals surface area (Å²) in [6.07, 6.45) is 3.12. The molecule has 0 bridgehead atoms. The minimum Gasteiger partial charge on any atom is -0.396 e. The van der Waals surface area contributed by atoms with Crippen LogP contribution in [0.5, 0.6) is 0 Å². The summed E-state index contributed by atoms with van der Waals surface area (Å²) in [4.78, 5) is 9.97. The largest absolute Gasteiger partial charge is 0.396 e. The highest BCUT2D eigenvalue weighted by Gasteiger charge is 2.24. The molecule has 0 radical (unpaired) electrons. The van der Waals surface area contributed by atoms with E-state index in [1.165, 1.54) is 12.1 Å². The summed E-state index contributed by atoms with van der Waals surface area (Å²) in [6, 6.07) is 7.77. The van der Waals surface area contributed by atoms with Crippen LogP contribution < -0.4 is 10.6 Å². The van der Waals surface area contributed by atoms with Gasteiger partial charge in [-0.05, 0) is 48.6 Å². The Morgan fingerprint density at radius 2 is 1.93 bits per heavy atom. The minimum atomic E-state index is -0.614. The van der Waals surface area contributed by atoms with Crippen LogP contribution in [-0.4, -0.2) is 34.8 Å². The molecule has 3 N–H and O–H groups in total. The van der Waals surface area contributed by atoms with Crippen molar-refractivity contribution in [1.82, 2.24) is 9.97 Å². The van der Waals surface area contributed by atoms with E-state index in [2.05, 4.69) is 9.97 Å². The molecule has 3 aromatic rings. The van der Waals surface area contributed by atoms with Gasteiger partial charge in [-0.3, -0.25) is 0 Å². The molecule has 0 saturated carbocycles. The third-order valence-electron chi connectivity index (χ3n) is 5.17. The van der Waals surface area contributed by atoms with E-state index in [0.717, 1.165) is 12.8 Å². The number of fused-ring (bicyclic) bond motifs is 1. The predicted molar refractivity (Wildman–Crippen MR) is 101 cm³/mol. The van der Waals surface area contributed by atoms with E-state index >= 15 is 4.39 Å². The van der Waals surface area contributed by atoms with Gasteiger partial charge >= 0.3 is 0 Å². The van der Waals surface area contributed by atoms with Gasteiger partial charge < -0.3 is 15.7 Å². The number of anilines is 2. The van der Waals surface area contributed by atoms with Gasteiger partial charge in [-0.15, -0.1) is 0 Å². The molecule has 1 aliphatic heterocycles. The molecule has 0 amide bonds. The number of piperidine rings is 1. The number of hydrogen-bond donors (Lipinski definition) is 2. The fourth-order valence-electron chi connectivity index (χ4n) is 3.61. The number of rotatable bonds is 3. The Morgan fingerprint density at radius 3 is 2.67 bits per heavy atom. The van der Waals surface area contributed by atoms with Crippen molar-refractivity contribution in [2.24, 2.45) is 5.92 Å². The first-order valence-electron chi connectivity index (χ1n) is 8.93. The molecule has 5 nitrogen and oxygen atoms in total. The Kier molecular flexibility index (Phi) is 4.61. The van der Waals surface area contributed by atoms with Crippen molar-refractivity contribution < 1.29 is 13.9 Å². The topological polar surface area (TPSA) is 75.3 Å². The van der Waals surface area contributed by atoms with Gasteiger partial charge in [0.2, 0.25) is 5.95 Å². The van der Waals surface area contributed by atoms with Gasteiger partial charge in [0.25, 0.3) is 0 Å². The number of aromatic nitrogens is 2. The highest BCUT2D eigenvalue weighted by atomic mass is 19.1. The van der Waals surface area contributed by atoms with Crippen molar-refractivity contribution in [3.63, 3.8) is 0 Å². The van der Waals surface area contributed by atoms with E-state index in [1.54, 1.807) is 24.4 Å². The fraction of sp³-hybridized carbons (Fsp3) is 0.300. The highest BCUT2D eigenvalue weighted by Crippen LogP contribution is 2.35. The molecule has 0 atom stereocenters. The molecule has 0 spiro atoms. The van der Waals surface area contributed by atoms with Gasteiger partial charge in [0, 0.05) is 31.3 Å². The zero-order valence-corrected chi connectivity index (χ0v) is 14.7. The maximum Gasteiger partial charge on any atom is 0.220 e. The second kappa shape index (κ2) is 7.08. The van der Waals surface area contributed by atoms with E-state index in [-0.39, 0.29) is 24.0 Å². The van der Waals surface area contributed by atoms with E-state index in [1.807, 2.05) is 4.90 Å². The van der Waals surface area contributed by atoms with Crippen LogP contribution in [0, 0.1) is 17.6 Å². The van der Waals surface area contributed by atoms with Gasteiger partial charge in [-0.25, -0.2) is 18.7 Å². The standard InChI is InChI=1S/C20H20F2N4O/c21-15-2-4-17(26-7-5-12(11-27)6-8-26)19(22)18(15)13-1-3-16-14(9-13)10-24-20(23)25-16/h1-4,9-10,12,27H,5-8,11H2,(H2,23,24,25). The SMILES string of the molecule is Nc1ncc2cc(-c3c(F)ccc(N4CCC(CO)CC4)c3F)ccc2n1. The van der Waals surface area contributed by atoms with Crippen LogP contribution in [0.25, 0.3) is 22.0 Å². The highest BCUT2D eigenvalue weighted by molar-refractivity contribution is 5.85. The minimum absolute atomic E-state index is 0.0597. The Balaban J connectivity index is 1.74. The Labute approximate surface area is 155 Å². The van der Waals surface area contributed by atoms with Crippen LogP contribution in [0.15, 0.2) is 36.5 Å². The summed E-state index contributed by atoms with van der Waals surface area (Å²) >= 11 is 0. The summed E-state index contributed by atoms with van der Waals surface area (Å²) < 4.78 is 29.8. The Bertz CT molecular complexity index is 987. The van der Waals surface area contributed by atoms with Crippen LogP contribution in [0.1, 0.15) is 12.8 Å². The number of nitrogen functional groups attached to an aromatic ring is 1. The molecular formula is C20H20F2N4O. The maximum absolute atomic E-state index is 15.3. The summed E-state index contributed by atoms with van der Waals surface area (Å²) in [6.45, 7) is 1.42. The fourth-order valence-corrected chi connectivity index (χ4v) is 3.61. The quantitative estimate of drug-likeness (QED) is 0.739. The van der Waals surface area contributed by atoms with Crippen molar-refractivity contribution in [3.8, 4) is 11.1 Å². The number of nitrogens with zero attached hydrogens (tertiary/aromatic N) is 3. The number of nitrogens with two attached hydrogens (primary N) is 1. The number of aliphatic hydroxyl groups is 1.